The summed E-state index contributed by atoms with van der Waals surface area (Å²) in [7, 11) is 0. The van der Waals surface area contributed by atoms with Gasteiger partial charge in [-0.1, -0.05) is 6.07 Å². The molecule has 202 valence electrons. The Kier molecular flexibility index (Phi) is 6.69. The van der Waals surface area contributed by atoms with E-state index < -0.39 is 18.1 Å². The van der Waals surface area contributed by atoms with Crippen molar-refractivity contribution in [3.63, 3.8) is 0 Å². The average molecular weight is 534 g/mol. The number of halogens is 2. The Morgan fingerprint density at radius 2 is 1.90 bits per heavy atom. The maximum atomic E-state index is 13.5. The number of hydrogen-bond donors (Lipinski definition) is 4. The largest absolute Gasteiger partial charge is 0.374 e. The fraction of sp³-hybridized carbons (Fsp3) is 0.357. The number of carbonyl (C=O) groups is 1. The number of piperidine rings is 1. The van der Waals surface area contributed by atoms with Crippen LogP contribution in [0.25, 0.3) is 22.0 Å². The maximum absolute atomic E-state index is 13.5. The molecule has 1 atom stereocenters. The summed E-state index contributed by atoms with van der Waals surface area (Å²) >= 11 is 0. The van der Waals surface area contributed by atoms with Gasteiger partial charge in [-0.3, -0.25) is 24.8 Å². The quantitative estimate of drug-likeness (QED) is 0.244. The lowest BCUT2D eigenvalue weighted by Crippen LogP contribution is -2.38. The molecule has 0 radical (unpaired) electrons. The van der Waals surface area contributed by atoms with E-state index in [1.807, 2.05) is 29.2 Å². The minimum Gasteiger partial charge on any atom is -0.374 e. The number of hydrogen-bond acceptors (Lipinski definition) is 7. The van der Waals surface area contributed by atoms with Crippen LogP contribution in [0.1, 0.15) is 41.7 Å². The number of likely N-dealkylation sites (tertiary alicyclic amines) is 1. The number of aromatic amines is 1. The zero-order valence-corrected chi connectivity index (χ0v) is 21.2. The van der Waals surface area contributed by atoms with Gasteiger partial charge in [-0.2, -0.15) is 5.10 Å². The Hall–Kier alpha value is -3.96. The van der Waals surface area contributed by atoms with Gasteiger partial charge in [-0.25, -0.2) is 8.78 Å². The Labute approximate surface area is 223 Å². The standard InChI is InChI=1S/C28H29F2N7O2/c29-28(30)6-9-37(10-7-28)16-17-11-20(14-32-13-17)19-3-4-22-21(12-19)25(36-35-22)27(39)34-24-15-31-8-5-23(24)33-26(38)18-1-2-18/h3-5,8,11-15,18,26,38H,1-2,6-7,9-10,16H2,(H,31,33)(H,34,39)(H,35,36). The summed E-state index contributed by atoms with van der Waals surface area (Å²) in [6.45, 7) is 1.25. The number of benzene rings is 1. The Morgan fingerprint density at radius 3 is 2.69 bits per heavy atom. The molecule has 1 aromatic carbocycles. The van der Waals surface area contributed by atoms with Gasteiger partial charge < -0.3 is 15.7 Å². The maximum Gasteiger partial charge on any atom is 0.276 e. The third kappa shape index (κ3) is 5.74. The highest BCUT2D eigenvalue weighted by Crippen LogP contribution is 2.34. The number of nitrogens with one attached hydrogen (secondary N) is 3. The number of aromatic nitrogens is 4. The zero-order chi connectivity index (χ0) is 27.0. The van der Waals surface area contributed by atoms with Crippen molar-refractivity contribution in [3.05, 3.63) is 66.4 Å². The molecule has 1 aliphatic carbocycles. The van der Waals surface area contributed by atoms with Crippen molar-refractivity contribution >= 4 is 28.2 Å². The lowest BCUT2D eigenvalue weighted by molar-refractivity contribution is -0.0566. The van der Waals surface area contributed by atoms with Gasteiger partial charge in [0.2, 0.25) is 0 Å². The molecule has 6 rings (SSSR count). The van der Waals surface area contributed by atoms with Crippen molar-refractivity contribution in [1.29, 1.82) is 0 Å². The van der Waals surface area contributed by atoms with Gasteiger partial charge in [0.25, 0.3) is 11.8 Å². The summed E-state index contributed by atoms with van der Waals surface area (Å²) in [5.74, 6) is -2.77. The summed E-state index contributed by atoms with van der Waals surface area (Å²) in [6.07, 6.45) is 7.63. The first-order chi connectivity index (χ1) is 18.8. The van der Waals surface area contributed by atoms with Crippen LogP contribution in [-0.2, 0) is 6.54 Å². The third-order valence-electron chi connectivity index (χ3n) is 7.34. The number of pyridine rings is 2. The number of aliphatic hydroxyl groups excluding tert-OH is 1. The second kappa shape index (κ2) is 10.3. The van der Waals surface area contributed by atoms with Gasteiger partial charge >= 0.3 is 0 Å². The molecule has 4 N–H and O–H groups in total. The molecular formula is C28H29F2N7O2. The van der Waals surface area contributed by atoms with Crippen molar-refractivity contribution in [3.8, 4) is 11.1 Å². The number of aliphatic hydroxyl groups is 1. The van der Waals surface area contributed by atoms with Gasteiger partial charge in [0.05, 0.1) is 23.1 Å². The lowest BCUT2D eigenvalue weighted by Gasteiger charge is -2.31. The number of H-pyrrole nitrogens is 1. The van der Waals surface area contributed by atoms with Crippen LogP contribution >= 0.6 is 0 Å². The van der Waals surface area contributed by atoms with Crippen molar-refractivity contribution in [2.45, 2.75) is 44.4 Å². The molecular weight excluding hydrogens is 504 g/mol. The van der Waals surface area contributed by atoms with Crippen LogP contribution in [0, 0.1) is 5.92 Å². The Balaban J connectivity index is 1.21. The second-order valence-corrected chi connectivity index (χ2v) is 10.3. The average Bonchev–Trinajstić information content (AvgIpc) is 3.70. The van der Waals surface area contributed by atoms with E-state index in [0.29, 0.717) is 41.9 Å². The van der Waals surface area contributed by atoms with Crippen LogP contribution in [0.4, 0.5) is 20.2 Å². The van der Waals surface area contributed by atoms with E-state index in [1.165, 1.54) is 6.20 Å². The fourth-order valence-corrected chi connectivity index (χ4v) is 4.89. The molecule has 4 aromatic rings. The predicted octanol–water partition coefficient (Wildman–Crippen LogP) is 4.64. The molecule has 1 amide bonds. The molecule has 4 heterocycles. The van der Waals surface area contributed by atoms with Crippen molar-refractivity contribution < 1.29 is 18.7 Å². The highest BCUT2D eigenvalue weighted by Gasteiger charge is 2.34. The first-order valence-corrected chi connectivity index (χ1v) is 13.1. The summed E-state index contributed by atoms with van der Waals surface area (Å²) in [6, 6.07) is 9.37. The van der Waals surface area contributed by atoms with Crippen molar-refractivity contribution in [2.24, 2.45) is 5.92 Å². The summed E-state index contributed by atoms with van der Waals surface area (Å²) in [5, 5.41) is 24.0. The normalized spacial score (nSPS) is 18.1. The zero-order valence-electron chi connectivity index (χ0n) is 21.2. The topological polar surface area (TPSA) is 119 Å². The number of alkyl halides is 2. The number of nitrogens with zero attached hydrogens (tertiary/aromatic N) is 4. The number of carbonyl (C=O) groups excluding carboxylic acids is 1. The summed E-state index contributed by atoms with van der Waals surface area (Å²) in [5.41, 5.74) is 4.61. The molecule has 3 aromatic heterocycles. The van der Waals surface area contributed by atoms with E-state index in [0.717, 1.165) is 29.5 Å². The van der Waals surface area contributed by atoms with Gasteiger partial charge in [-0.15, -0.1) is 0 Å². The molecule has 11 heteroatoms. The third-order valence-corrected chi connectivity index (χ3v) is 7.34. The first kappa shape index (κ1) is 25.3. The summed E-state index contributed by atoms with van der Waals surface area (Å²) in [4.78, 5) is 23.8. The number of fused-ring (bicyclic) bond motifs is 1. The highest BCUT2D eigenvalue weighted by molar-refractivity contribution is 6.12. The van der Waals surface area contributed by atoms with E-state index in [1.54, 1.807) is 24.7 Å². The second-order valence-electron chi connectivity index (χ2n) is 10.3. The molecule has 39 heavy (non-hydrogen) atoms. The van der Waals surface area contributed by atoms with Crippen LogP contribution in [0.3, 0.4) is 0 Å². The number of rotatable bonds is 8. The van der Waals surface area contributed by atoms with Gasteiger partial charge in [0.1, 0.15) is 6.23 Å². The first-order valence-electron chi connectivity index (χ1n) is 13.1. The molecule has 0 spiro atoms. The minimum atomic E-state index is -2.58. The van der Waals surface area contributed by atoms with Crippen molar-refractivity contribution in [1.82, 2.24) is 25.1 Å². The van der Waals surface area contributed by atoms with E-state index in [9.17, 15) is 18.7 Å². The van der Waals surface area contributed by atoms with Crippen LogP contribution in [0.5, 0.6) is 0 Å². The van der Waals surface area contributed by atoms with Crippen LogP contribution in [0.2, 0.25) is 0 Å². The number of amides is 1. The van der Waals surface area contributed by atoms with Gasteiger partial charge in [0.15, 0.2) is 5.69 Å². The lowest BCUT2D eigenvalue weighted by atomic mass is 10.0. The fourth-order valence-electron chi connectivity index (χ4n) is 4.89. The van der Waals surface area contributed by atoms with Crippen LogP contribution in [-0.4, -0.2) is 61.3 Å². The SMILES string of the molecule is O=C(Nc1cnccc1NC(O)C1CC1)c1n[nH]c2ccc(-c3cncc(CN4CCC(F)(F)CC4)c3)cc12. The summed E-state index contributed by atoms with van der Waals surface area (Å²) < 4.78 is 27.0. The molecule has 1 unspecified atom stereocenters. The Morgan fingerprint density at radius 1 is 1.08 bits per heavy atom. The number of anilines is 2. The molecule has 1 aliphatic heterocycles. The molecule has 9 nitrogen and oxygen atoms in total. The van der Waals surface area contributed by atoms with Crippen LogP contribution in [0.15, 0.2) is 55.1 Å². The molecule has 1 saturated heterocycles. The Bertz CT molecular complexity index is 1490. The van der Waals surface area contributed by atoms with E-state index in [-0.39, 0.29) is 24.5 Å². The predicted molar refractivity (Wildman–Crippen MR) is 143 cm³/mol. The molecule has 1 saturated carbocycles. The minimum absolute atomic E-state index is 0.125. The van der Waals surface area contributed by atoms with Gasteiger partial charge in [-0.05, 0) is 48.2 Å². The van der Waals surface area contributed by atoms with Gasteiger partial charge in [0, 0.05) is 67.9 Å². The molecule has 2 fully saturated rings. The van der Waals surface area contributed by atoms with Crippen molar-refractivity contribution in [2.75, 3.05) is 23.7 Å². The van der Waals surface area contributed by atoms with Crippen LogP contribution < -0.4 is 10.6 Å². The highest BCUT2D eigenvalue weighted by atomic mass is 19.3. The van der Waals surface area contributed by atoms with E-state index in [4.69, 9.17) is 0 Å². The van der Waals surface area contributed by atoms with E-state index in [2.05, 4.69) is 30.8 Å². The molecule has 0 bridgehead atoms. The monoisotopic (exact) mass is 533 g/mol. The van der Waals surface area contributed by atoms with E-state index >= 15 is 0 Å². The molecule has 2 aliphatic rings. The smallest absolute Gasteiger partial charge is 0.276 e.